The van der Waals surface area contributed by atoms with Crippen LogP contribution >= 0.6 is 23.6 Å². The van der Waals surface area contributed by atoms with Crippen molar-refractivity contribution in [2.75, 3.05) is 24.4 Å². The van der Waals surface area contributed by atoms with E-state index in [9.17, 15) is 32.5 Å². The molecule has 0 spiro atoms. The topological polar surface area (TPSA) is 103 Å². The number of fused-ring (bicyclic) bond motifs is 1. The molecule has 184 valence electrons. The summed E-state index contributed by atoms with van der Waals surface area (Å²) in [5.41, 5.74) is 0.705. The van der Waals surface area contributed by atoms with Gasteiger partial charge in [-0.05, 0) is 43.5 Å². The van der Waals surface area contributed by atoms with Crippen molar-refractivity contribution in [3.05, 3.63) is 44.3 Å². The molecule has 0 saturated heterocycles. The number of carbonyl (C=O) groups is 1. The minimum atomic E-state index is -4.43. The lowest BCUT2D eigenvalue weighted by Gasteiger charge is -2.17. The summed E-state index contributed by atoms with van der Waals surface area (Å²) in [7, 11) is 1.26. The highest BCUT2D eigenvalue weighted by molar-refractivity contribution is 7.80. The van der Waals surface area contributed by atoms with Crippen molar-refractivity contribution in [2.24, 2.45) is 0 Å². The number of ether oxygens (including phenoxy) is 2. The Morgan fingerprint density at radius 2 is 1.97 bits per heavy atom. The maximum Gasteiger partial charge on any atom is 0.341 e. The summed E-state index contributed by atoms with van der Waals surface area (Å²) in [6.07, 6.45) is -0.525. The summed E-state index contributed by atoms with van der Waals surface area (Å²) in [5, 5.41) is 17.1. The quantitative estimate of drug-likeness (QED) is 0.156. The van der Waals surface area contributed by atoms with E-state index in [4.69, 9.17) is 17.0 Å². The highest BCUT2D eigenvalue weighted by atomic mass is 32.1. The van der Waals surface area contributed by atoms with Gasteiger partial charge in [0, 0.05) is 17.0 Å². The largest absolute Gasteiger partial charge is 0.487 e. The van der Waals surface area contributed by atoms with E-state index in [-0.39, 0.29) is 10.8 Å². The molecule has 1 aromatic heterocycles. The standard InChI is InChI=1S/C20H19F4N3O5S2/c1-31-17(28)15-13-4-2-3-5-14(13)34-16(15)26-19(33)25-10-6-11(27(29)30)8-12(7-10)32-9-20(23,24)18(21)22/h6-8,18H,2-5,9H2,1H3,(H2,25,26,33). The fourth-order valence-electron chi connectivity index (χ4n) is 3.32. The van der Waals surface area contributed by atoms with Crippen LogP contribution < -0.4 is 15.4 Å². The molecule has 3 rings (SSSR count). The lowest BCUT2D eigenvalue weighted by molar-refractivity contribution is -0.384. The summed E-state index contributed by atoms with van der Waals surface area (Å²) >= 11 is 6.60. The zero-order chi connectivity index (χ0) is 25.0. The molecular formula is C20H19F4N3O5S2. The van der Waals surface area contributed by atoms with E-state index in [1.165, 1.54) is 18.4 Å². The molecule has 1 aliphatic carbocycles. The van der Waals surface area contributed by atoms with E-state index >= 15 is 0 Å². The van der Waals surface area contributed by atoms with Crippen LogP contribution in [0.15, 0.2) is 18.2 Å². The molecule has 8 nitrogen and oxygen atoms in total. The maximum atomic E-state index is 13.2. The molecular weight excluding hydrogens is 502 g/mol. The number of rotatable bonds is 8. The van der Waals surface area contributed by atoms with Crippen LogP contribution in [0.1, 0.15) is 33.6 Å². The molecule has 2 aromatic rings. The van der Waals surface area contributed by atoms with E-state index in [2.05, 4.69) is 15.4 Å². The SMILES string of the molecule is COC(=O)c1c(NC(=S)Nc2cc(OCC(F)(F)C(F)F)cc([N+](=O)[O-])c2)sc2c1CCCC2. The Morgan fingerprint density at radius 1 is 1.26 bits per heavy atom. The Balaban J connectivity index is 1.81. The second kappa shape index (κ2) is 10.5. The monoisotopic (exact) mass is 521 g/mol. The molecule has 1 aliphatic rings. The second-order valence-corrected chi connectivity index (χ2v) is 8.82. The Bertz CT molecular complexity index is 1110. The zero-order valence-corrected chi connectivity index (χ0v) is 19.3. The molecule has 14 heteroatoms. The van der Waals surface area contributed by atoms with Gasteiger partial charge in [0.15, 0.2) is 11.7 Å². The van der Waals surface area contributed by atoms with Gasteiger partial charge in [0.25, 0.3) is 5.69 Å². The van der Waals surface area contributed by atoms with Crippen molar-refractivity contribution in [3.63, 3.8) is 0 Å². The Hall–Kier alpha value is -3.00. The number of methoxy groups -OCH3 is 1. The van der Waals surface area contributed by atoms with E-state index < -0.39 is 41.3 Å². The van der Waals surface area contributed by atoms with Gasteiger partial charge in [-0.1, -0.05) is 0 Å². The molecule has 34 heavy (non-hydrogen) atoms. The number of nitrogens with one attached hydrogen (secondary N) is 2. The first-order valence-corrected chi connectivity index (χ1v) is 11.1. The summed E-state index contributed by atoms with van der Waals surface area (Å²) in [6, 6.07) is 2.99. The number of thiocarbonyl (C=S) groups is 1. The van der Waals surface area contributed by atoms with E-state index in [1.807, 2.05) is 0 Å². The van der Waals surface area contributed by atoms with Gasteiger partial charge in [0.05, 0.1) is 29.4 Å². The molecule has 0 unspecified atom stereocenters. The number of carbonyl (C=O) groups excluding carboxylic acids is 1. The van der Waals surface area contributed by atoms with Crippen molar-refractivity contribution in [1.82, 2.24) is 0 Å². The number of nitrogens with zero attached hydrogens (tertiary/aromatic N) is 1. The normalized spacial score (nSPS) is 13.2. The maximum absolute atomic E-state index is 13.2. The molecule has 0 amide bonds. The van der Waals surface area contributed by atoms with Crippen LogP contribution in [0.25, 0.3) is 0 Å². The third kappa shape index (κ3) is 5.91. The van der Waals surface area contributed by atoms with Gasteiger partial charge in [-0.15, -0.1) is 11.3 Å². The molecule has 0 aliphatic heterocycles. The van der Waals surface area contributed by atoms with Gasteiger partial charge in [-0.25, -0.2) is 13.6 Å². The second-order valence-electron chi connectivity index (χ2n) is 7.31. The van der Waals surface area contributed by atoms with Crippen LogP contribution in [-0.2, 0) is 17.6 Å². The molecule has 0 radical (unpaired) electrons. The fraction of sp³-hybridized carbons (Fsp3) is 0.400. The number of nitro benzene ring substituents is 1. The number of thiophene rings is 1. The summed E-state index contributed by atoms with van der Waals surface area (Å²) in [5.74, 6) is -5.39. The van der Waals surface area contributed by atoms with Gasteiger partial charge in [0.2, 0.25) is 0 Å². The first-order valence-electron chi connectivity index (χ1n) is 9.91. The minimum absolute atomic E-state index is 0.0111. The number of nitro groups is 1. The number of aryl methyl sites for hydroxylation is 1. The summed E-state index contributed by atoms with van der Waals surface area (Å²) in [4.78, 5) is 23.8. The van der Waals surface area contributed by atoms with Gasteiger partial charge in [0.1, 0.15) is 10.8 Å². The first-order chi connectivity index (χ1) is 16.0. The van der Waals surface area contributed by atoms with E-state index in [1.54, 1.807) is 0 Å². The first kappa shape index (κ1) is 25.6. The van der Waals surface area contributed by atoms with Crippen molar-refractivity contribution < 1.29 is 36.8 Å². The third-order valence-corrected chi connectivity index (χ3v) is 6.31. The molecule has 0 bridgehead atoms. The lowest BCUT2D eigenvalue weighted by atomic mass is 9.95. The molecule has 1 heterocycles. The number of halogens is 4. The Kier molecular flexibility index (Phi) is 7.92. The molecule has 0 atom stereocenters. The van der Waals surface area contributed by atoms with Gasteiger partial charge in [-0.3, -0.25) is 10.1 Å². The fourth-order valence-corrected chi connectivity index (χ4v) is 4.89. The van der Waals surface area contributed by atoms with Crippen molar-refractivity contribution >= 4 is 51.0 Å². The number of hydrogen-bond acceptors (Lipinski definition) is 7. The Morgan fingerprint density at radius 3 is 2.62 bits per heavy atom. The lowest BCUT2D eigenvalue weighted by Crippen LogP contribution is -2.33. The van der Waals surface area contributed by atoms with Crippen molar-refractivity contribution in [1.29, 1.82) is 0 Å². The molecule has 2 N–H and O–H groups in total. The third-order valence-electron chi connectivity index (χ3n) is 4.90. The highest BCUT2D eigenvalue weighted by Gasteiger charge is 2.41. The zero-order valence-electron chi connectivity index (χ0n) is 17.7. The Labute approximate surface area is 200 Å². The number of non-ortho nitro benzene ring substituents is 1. The molecule has 1 aromatic carbocycles. The highest BCUT2D eigenvalue weighted by Crippen LogP contribution is 2.38. The predicted octanol–water partition coefficient (Wildman–Crippen LogP) is 5.41. The van der Waals surface area contributed by atoms with Crippen LogP contribution in [0.3, 0.4) is 0 Å². The van der Waals surface area contributed by atoms with Crippen molar-refractivity contribution in [3.8, 4) is 5.75 Å². The summed E-state index contributed by atoms with van der Waals surface area (Å²) < 4.78 is 60.7. The number of alkyl halides is 4. The average molecular weight is 522 g/mol. The predicted molar refractivity (Wildman–Crippen MR) is 122 cm³/mol. The molecule has 0 saturated carbocycles. The smallest absolute Gasteiger partial charge is 0.341 e. The van der Waals surface area contributed by atoms with Crippen LogP contribution in [0, 0.1) is 10.1 Å². The number of esters is 1. The van der Waals surface area contributed by atoms with Gasteiger partial charge < -0.3 is 20.1 Å². The number of benzene rings is 1. The minimum Gasteiger partial charge on any atom is -0.487 e. The van der Waals surface area contributed by atoms with Crippen molar-refractivity contribution in [2.45, 2.75) is 38.0 Å². The van der Waals surface area contributed by atoms with E-state index in [0.29, 0.717) is 17.0 Å². The number of anilines is 2. The van der Waals surface area contributed by atoms with Crippen LogP contribution in [-0.4, -0.2) is 42.1 Å². The van der Waals surface area contributed by atoms with Crippen LogP contribution in [0.2, 0.25) is 0 Å². The summed E-state index contributed by atoms with van der Waals surface area (Å²) in [6.45, 7) is -1.67. The number of hydrogen-bond donors (Lipinski definition) is 2. The van der Waals surface area contributed by atoms with Crippen LogP contribution in [0.4, 0.5) is 33.9 Å². The molecule has 0 fully saturated rings. The average Bonchev–Trinajstić information content (AvgIpc) is 3.14. The van der Waals surface area contributed by atoms with E-state index in [0.717, 1.165) is 47.9 Å². The van der Waals surface area contributed by atoms with Crippen LogP contribution in [0.5, 0.6) is 5.75 Å². The van der Waals surface area contributed by atoms with Gasteiger partial charge >= 0.3 is 18.3 Å². The van der Waals surface area contributed by atoms with Gasteiger partial charge in [-0.2, -0.15) is 8.78 Å².